The molecule has 1 heterocycles. The SMILES string of the molecule is C[C@H]1[C@H](CCc2ccccc2)O[C@H](CCc2ccccc2)C[C@@H]1O. The molecule has 2 aromatic rings. The van der Waals surface area contributed by atoms with Crippen molar-refractivity contribution in [3.63, 3.8) is 0 Å². The fourth-order valence-corrected chi connectivity index (χ4v) is 3.60. The van der Waals surface area contributed by atoms with Gasteiger partial charge in [-0.15, -0.1) is 0 Å². The average Bonchev–Trinajstić information content (AvgIpc) is 2.63. The molecule has 3 rings (SSSR count). The second kappa shape index (κ2) is 8.46. The molecule has 2 nitrogen and oxygen atoms in total. The number of aliphatic hydroxyl groups is 1. The van der Waals surface area contributed by atoms with Crippen molar-refractivity contribution in [2.75, 3.05) is 0 Å². The summed E-state index contributed by atoms with van der Waals surface area (Å²) in [6.45, 7) is 2.12. The molecular formula is C22H28O2. The molecule has 1 saturated heterocycles. The molecule has 0 bridgehead atoms. The predicted octanol–water partition coefficient (Wildman–Crippen LogP) is 4.41. The molecule has 0 saturated carbocycles. The van der Waals surface area contributed by atoms with Crippen molar-refractivity contribution >= 4 is 0 Å². The second-order valence-electron chi connectivity index (χ2n) is 7.01. The Hall–Kier alpha value is -1.64. The van der Waals surface area contributed by atoms with E-state index in [0.717, 1.165) is 32.1 Å². The van der Waals surface area contributed by atoms with Crippen LogP contribution in [-0.4, -0.2) is 23.4 Å². The van der Waals surface area contributed by atoms with Crippen LogP contribution in [0.3, 0.4) is 0 Å². The molecule has 0 aromatic heterocycles. The highest BCUT2D eigenvalue weighted by Gasteiger charge is 2.34. The largest absolute Gasteiger partial charge is 0.393 e. The van der Waals surface area contributed by atoms with Crippen LogP contribution in [0.25, 0.3) is 0 Å². The first-order valence-corrected chi connectivity index (χ1v) is 9.14. The van der Waals surface area contributed by atoms with Gasteiger partial charge in [-0.1, -0.05) is 67.6 Å². The molecule has 1 fully saturated rings. The minimum Gasteiger partial charge on any atom is -0.393 e. The smallest absolute Gasteiger partial charge is 0.0632 e. The zero-order chi connectivity index (χ0) is 16.8. The fraction of sp³-hybridized carbons (Fsp3) is 0.455. The number of ether oxygens (including phenoxy) is 1. The summed E-state index contributed by atoms with van der Waals surface area (Å²) in [6, 6.07) is 21.1. The summed E-state index contributed by atoms with van der Waals surface area (Å²) in [5.41, 5.74) is 2.68. The number of hydrogen-bond donors (Lipinski definition) is 1. The number of aryl methyl sites for hydroxylation is 2. The van der Waals surface area contributed by atoms with E-state index in [4.69, 9.17) is 4.74 Å². The highest BCUT2D eigenvalue weighted by molar-refractivity contribution is 5.15. The first-order valence-electron chi connectivity index (χ1n) is 9.14. The minimum atomic E-state index is -0.250. The lowest BCUT2D eigenvalue weighted by molar-refractivity contribution is -0.134. The van der Waals surface area contributed by atoms with Crippen LogP contribution in [0.4, 0.5) is 0 Å². The van der Waals surface area contributed by atoms with Crippen LogP contribution in [0.2, 0.25) is 0 Å². The van der Waals surface area contributed by atoms with Gasteiger partial charge in [-0.05, 0) is 43.2 Å². The third-order valence-electron chi connectivity index (χ3n) is 5.22. The summed E-state index contributed by atoms with van der Waals surface area (Å²) in [7, 11) is 0. The minimum absolute atomic E-state index is 0.148. The zero-order valence-corrected chi connectivity index (χ0v) is 14.5. The summed E-state index contributed by atoms with van der Waals surface area (Å²) in [5.74, 6) is 0.210. The van der Waals surface area contributed by atoms with Crippen LogP contribution in [0.15, 0.2) is 60.7 Å². The highest BCUT2D eigenvalue weighted by atomic mass is 16.5. The van der Waals surface area contributed by atoms with E-state index >= 15 is 0 Å². The molecule has 0 amide bonds. The van der Waals surface area contributed by atoms with Gasteiger partial charge in [-0.25, -0.2) is 0 Å². The average molecular weight is 324 g/mol. The molecule has 1 aliphatic heterocycles. The van der Waals surface area contributed by atoms with Gasteiger partial charge >= 0.3 is 0 Å². The third-order valence-corrected chi connectivity index (χ3v) is 5.22. The standard InChI is InChI=1S/C22H28O2/c1-17-21(23)16-20(14-12-18-8-4-2-5-9-18)24-22(17)15-13-19-10-6-3-7-11-19/h2-11,17,20-23H,12-16H2,1H3/t17-,20-,21+,22+/m1/s1. The van der Waals surface area contributed by atoms with E-state index in [2.05, 4.69) is 55.5 Å². The topological polar surface area (TPSA) is 29.5 Å². The Labute approximate surface area is 145 Å². The Kier molecular flexibility index (Phi) is 6.06. The highest BCUT2D eigenvalue weighted by Crippen LogP contribution is 2.30. The maximum absolute atomic E-state index is 10.4. The van der Waals surface area contributed by atoms with E-state index in [-0.39, 0.29) is 24.2 Å². The Balaban J connectivity index is 1.53. The monoisotopic (exact) mass is 324 g/mol. The first-order chi connectivity index (χ1) is 11.7. The van der Waals surface area contributed by atoms with Gasteiger partial charge in [0.25, 0.3) is 0 Å². The Morgan fingerprint density at radius 3 is 2.00 bits per heavy atom. The van der Waals surface area contributed by atoms with Crippen molar-refractivity contribution in [3.05, 3.63) is 71.8 Å². The van der Waals surface area contributed by atoms with E-state index in [0.29, 0.717) is 0 Å². The van der Waals surface area contributed by atoms with Crippen molar-refractivity contribution in [2.24, 2.45) is 5.92 Å². The Bertz CT molecular complexity index is 596. The lowest BCUT2D eigenvalue weighted by Crippen LogP contribution is -2.43. The summed E-state index contributed by atoms with van der Waals surface area (Å²) in [5, 5.41) is 10.4. The van der Waals surface area contributed by atoms with Gasteiger partial charge < -0.3 is 9.84 Å². The van der Waals surface area contributed by atoms with Crippen molar-refractivity contribution in [1.82, 2.24) is 0 Å². The van der Waals surface area contributed by atoms with E-state index < -0.39 is 0 Å². The number of rotatable bonds is 6. The predicted molar refractivity (Wildman–Crippen MR) is 98.0 cm³/mol. The van der Waals surface area contributed by atoms with Crippen molar-refractivity contribution in [2.45, 2.75) is 57.3 Å². The molecule has 0 radical (unpaired) electrons. The van der Waals surface area contributed by atoms with Crippen molar-refractivity contribution < 1.29 is 9.84 Å². The molecular weight excluding hydrogens is 296 g/mol. The quantitative estimate of drug-likeness (QED) is 0.853. The van der Waals surface area contributed by atoms with Crippen LogP contribution in [-0.2, 0) is 17.6 Å². The number of hydrogen-bond acceptors (Lipinski definition) is 2. The van der Waals surface area contributed by atoms with Crippen molar-refractivity contribution in [1.29, 1.82) is 0 Å². The van der Waals surface area contributed by atoms with Gasteiger partial charge in [0.2, 0.25) is 0 Å². The van der Waals surface area contributed by atoms with Crippen LogP contribution in [0.5, 0.6) is 0 Å². The second-order valence-corrected chi connectivity index (χ2v) is 7.01. The normalized spacial score (nSPS) is 27.1. The summed E-state index contributed by atoms with van der Waals surface area (Å²) < 4.78 is 6.35. The van der Waals surface area contributed by atoms with Crippen LogP contribution >= 0.6 is 0 Å². The van der Waals surface area contributed by atoms with Crippen molar-refractivity contribution in [3.8, 4) is 0 Å². The van der Waals surface area contributed by atoms with Crippen LogP contribution in [0.1, 0.15) is 37.3 Å². The molecule has 1 aliphatic rings. The van der Waals surface area contributed by atoms with E-state index in [1.54, 1.807) is 0 Å². The molecule has 4 atom stereocenters. The van der Waals surface area contributed by atoms with Gasteiger partial charge in [0.15, 0.2) is 0 Å². The molecule has 2 heteroatoms. The fourth-order valence-electron chi connectivity index (χ4n) is 3.60. The van der Waals surface area contributed by atoms with Gasteiger partial charge in [0, 0.05) is 5.92 Å². The molecule has 0 unspecified atom stereocenters. The molecule has 24 heavy (non-hydrogen) atoms. The molecule has 2 aromatic carbocycles. The van der Waals surface area contributed by atoms with E-state index in [1.165, 1.54) is 11.1 Å². The Morgan fingerprint density at radius 2 is 1.42 bits per heavy atom. The van der Waals surface area contributed by atoms with Gasteiger partial charge in [-0.2, -0.15) is 0 Å². The first kappa shape index (κ1) is 17.2. The third kappa shape index (κ3) is 4.68. The number of aliphatic hydroxyl groups excluding tert-OH is 1. The summed E-state index contributed by atoms with van der Waals surface area (Å²) in [6.07, 6.45) is 4.80. The summed E-state index contributed by atoms with van der Waals surface area (Å²) >= 11 is 0. The lowest BCUT2D eigenvalue weighted by atomic mass is 9.86. The Morgan fingerprint density at radius 1 is 0.875 bits per heavy atom. The zero-order valence-electron chi connectivity index (χ0n) is 14.5. The molecule has 0 spiro atoms. The van der Waals surface area contributed by atoms with E-state index in [9.17, 15) is 5.11 Å². The lowest BCUT2D eigenvalue weighted by Gasteiger charge is -2.38. The molecule has 1 N–H and O–H groups in total. The van der Waals surface area contributed by atoms with Crippen LogP contribution in [0, 0.1) is 5.92 Å². The molecule has 128 valence electrons. The number of benzene rings is 2. The molecule has 0 aliphatic carbocycles. The van der Waals surface area contributed by atoms with Gasteiger partial charge in [0.1, 0.15) is 0 Å². The van der Waals surface area contributed by atoms with E-state index in [1.807, 2.05) is 12.1 Å². The van der Waals surface area contributed by atoms with Crippen LogP contribution < -0.4 is 0 Å². The maximum Gasteiger partial charge on any atom is 0.0632 e. The maximum atomic E-state index is 10.4. The van der Waals surface area contributed by atoms with Gasteiger partial charge in [-0.3, -0.25) is 0 Å². The summed E-state index contributed by atoms with van der Waals surface area (Å²) in [4.78, 5) is 0. The van der Waals surface area contributed by atoms with Gasteiger partial charge in [0.05, 0.1) is 18.3 Å².